The van der Waals surface area contributed by atoms with Crippen LogP contribution in [0.25, 0.3) is 0 Å². The van der Waals surface area contributed by atoms with Gasteiger partial charge in [-0.15, -0.1) is 11.3 Å². The van der Waals surface area contributed by atoms with Gasteiger partial charge in [0.25, 0.3) is 0 Å². The van der Waals surface area contributed by atoms with Crippen molar-refractivity contribution in [3.05, 3.63) is 21.3 Å². The van der Waals surface area contributed by atoms with E-state index in [-0.39, 0.29) is 23.9 Å². The van der Waals surface area contributed by atoms with Gasteiger partial charge in [-0.2, -0.15) is 0 Å². The average molecular weight is 273 g/mol. The molecule has 1 aliphatic rings. The fourth-order valence-electron chi connectivity index (χ4n) is 1.80. The molecule has 1 aromatic rings. The molecule has 2 unspecified atom stereocenters. The van der Waals surface area contributed by atoms with Crippen molar-refractivity contribution in [3.63, 3.8) is 0 Å². The second-order valence-electron chi connectivity index (χ2n) is 4.03. The maximum absolute atomic E-state index is 11.6. The number of piperidine rings is 1. The molecule has 0 aliphatic carbocycles. The molecule has 2 atom stereocenters. The van der Waals surface area contributed by atoms with E-state index in [9.17, 15) is 9.59 Å². The minimum Gasteiger partial charge on any atom is -0.298 e. The first-order chi connectivity index (χ1) is 8.06. The SMILES string of the molecule is CC(NC1CCC(=O)NC1=O)c1ccc(Cl)s1. The average Bonchev–Trinajstić information content (AvgIpc) is 2.69. The van der Waals surface area contributed by atoms with Crippen LogP contribution in [0, 0.1) is 0 Å². The topological polar surface area (TPSA) is 58.2 Å². The van der Waals surface area contributed by atoms with Gasteiger partial charge in [-0.05, 0) is 25.5 Å². The van der Waals surface area contributed by atoms with Crippen molar-refractivity contribution in [2.24, 2.45) is 0 Å². The van der Waals surface area contributed by atoms with Crippen LogP contribution in [0.15, 0.2) is 12.1 Å². The highest BCUT2D eigenvalue weighted by Crippen LogP contribution is 2.27. The monoisotopic (exact) mass is 272 g/mol. The highest BCUT2D eigenvalue weighted by Gasteiger charge is 2.27. The summed E-state index contributed by atoms with van der Waals surface area (Å²) >= 11 is 7.35. The van der Waals surface area contributed by atoms with Crippen molar-refractivity contribution in [2.75, 3.05) is 0 Å². The summed E-state index contributed by atoms with van der Waals surface area (Å²) in [4.78, 5) is 23.6. The lowest BCUT2D eigenvalue weighted by Crippen LogP contribution is -2.51. The number of thiophene rings is 1. The lowest BCUT2D eigenvalue weighted by Gasteiger charge is -2.24. The summed E-state index contributed by atoms with van der Waals surface area (Å²) in [5.41, 5.74) is 0. The minimum absolute atomic E-state index is 0.0523. The van der Waals surface area contributed by atoms with Crippen LogP contribution in [-0.4, -0.2) is 17.9 Å². The van der Waals surface area contributed by atoms with E-state index in [2.05, 4.69) is 10.6 Å². The summed E-state index contributed by atoms with van der Waals surface area (Å²) < 4.78 is 0.733. The molecule has 4 nitrogen and oxygen atoms in total. The molecule has 2 N–H and O–H groups in total. The third kappa shape index (κ3) is 3.06. The summed E-state index contributed by atoms with van der Waals surface area (Å²) in [5, 5.41) is 5.53. The molecule has 6 heteroatoms. The van der Waals surface area contributed by atoms with E-state index in [1.165, 1.54) is 11.3 Å². The van der Waals surface area contributed by atoms with Gasteiger partial charge in [-0.3, -0.25) is 20.2 Å². The maximum Gasteiger partial charge on any atom is 0.243 e. The number of imide groups is 1. The van der Waals surface area contributed by atoms with Gasteiger partial charge in [-0.25, -0.2) is 0 Å². The number of amides is 2. The van der Waals surface area contributed by atoms with Crippen LogP contribution in [0.2, 0.25) is 4.34 Å². The first kappa shape index (κ1) is 12.5. The van der Waals surface area contributed by atoms with Gasteiger partial charge in [0.05, 0.1) is 10.4 Å². The second kappa shape index (κ2) is 5.16. The molecule has 1 aromatic heterocycles. The standard InChI is InChI=1S/C11H13ClN2O2S/c1-6(8-3-4-9(12)17-8)13-7-2-5-10(15)14-11(7)16/h3-4,6-7,13H,2,5H2,1H3,(H,14,15,16). The normalized spacial score (nSPS) is 22.4. The Kier molecular flexibility index (Phi) is 3.81. The summed E-state index contributed by atoms with van der Waals surface area (Å²) in [6, 6.07) is 3.53. The number of rotatable bonds is 3. The van der Waals surface area contributed by atoms with Crippen LogP contribution >= 0.6 is 22.9 Å². The lowest BCUT2D eigenvalue weighted by atomic mass is 10.1. The fourth-order valence-corrected chi connectivity index (χ4v) is 2.87. The molecule has 17 heavy (non-hydrogen) atoms. The third-order valence-electron chi connectivity index (χ3n) is 2.71. The molecular formula is C11H13ClN2O2S. The number of hydrogen-bond donors (Lipinski definition) is 2. The number of nitrogens with one attached hydrogen (secondary N) is 2. The van der Waals surface area contributed by atoms with Crippen LogP contribution in [-0.2, 0) is 9.59 Å². The van der Waals surface area contributed by atoms with Crippen LogP contribution in [0.5, 0.6) is 0 Å². The van der Waals surface area contributed by atoms with Gasteiger partial charge in [0.1, 0.15) is 0 Å². The molecule has 0 bridgehead atoms. The molecular weight excluding hydrogens is 260 g/mol. The third-order valence-corrected chi connectivity index (χ3v) is 4.12. The zero-order valence-electron chi connectivity index (χ0n) is 9.33. The number of hydrogen-bond acceptors (Lipinski definition) is 4. The molecule has 0 radical (unpaired) electrons. The molecule has 0 saturated carbocycles. The Hall–Kier alpha value is -0.910. The van der Waals surface area contributed by atoms with Crippen molar-refractivity contribution >= 4 is 34.8 Å². The minimum atomic E-state index is -0.302. The van der Waals surface area contributed by atoms with Crippen LogP contribution in [0.3, 0.4) is 0 Å². The van der Waals surface area contributed by atoms with Gasteiger partial charge in [0.2, 0.25) is 11.8 Å². The van der Waals surface area contributed by atoms with Crippen LogP contribution < -0.4 is 10.6 Å². The predicted molar refractivity (Wildman–Crippen MR) is 67.1 cm³/mol. The van der Waals surface area contributed by atoms with Crippen LogP contribution in [0.4, 0.5) is 0 Å². The van der Waals surface area contributed by atoms with Gasteiger partial charge in [0, 0.05) is 17.3 Å². The number of halogens is 1. The van der Waals surface area contributed by atoms with E-state index in [0.29, 0.717) is 12.8 Å². The van der Waals surface area contributed by atoms with E-state index in [0.717, 1.165) is 9.21 Å². The molecule has 2 amide bonds. The summed E-state index contributed by atoms with van der Waals surface area (Å²) in [6.07, 6.45) is 0.940. The summed E-state index contributed by atoms with van der Waals surface area (Å²) in [6.45, 7) is 1.98. The van der Waals surface area contributed by atoms with E-state index < -0.39 is 0 Å². The van der Waals surface area contributed by atoms with Gasteiger partial charge < -0.3 is 0 Å². The highest BCUT2D eigenvalue weighted by molar-refractivity contribution is 7.16. The zero-order valence-corrected chi connectivity index (χ0v) is 10.9. The zero-order chi connectivity index (χ0) is 12.4. The smallest absolute Gasteiger partial charge is 0.243 e. The maximum atomic E-state index is 11.6. The van der Waals surface area contributed by atoms with E-state index in [1.54, 1.807) is 0 Å². The molecule has 92 valence electrons. The van der Waals surface area contributed by atoms with E-state index in [4.69, 9.17) is 11.6 Å². The molecule has 1 aliphatic heterocycles. The van der Waals surface area contributed by atoms with Crippen molar-refractivity contribution in [3.8, 4) is 0 Å². The molecule has 1 fully saturated rings. The summed E-state index contributed by atoms with van der Waals surface area (Å²) in [7, 11) is 0. The molecule has 2 rings (SSSR count). The number of carbonyl (C=O) groups excluding carboxylic acids is 2. The Morgan fingerprint density at radius 1 is 1.53 bits per heavy atom. The van der Waals surface area contributed by atoms with E-state index in [1.807, 2.05) is 19.1 Å². The van der Waals surface area contributed by atoms with Crippen LogP contribution in [0.1, 0.15) is 30.7 Å². The van der Waals surface area contributed by atoms with Crippen molar-refractivity contribution in [1.29, 1.82) is 0 Å². The molecule has 1 saturated heterocycles. The number of carbonyl (C=O) groups is 2. The largest absolute Gasteiger partial charge is 0.298 e. The van der Waals surface area contributed by atoms with Crippen molar-refractivity contribution in [1.82, 2.24) is 10.6 Å². The quantitative estimate of drug-likeness (QED) is 0.826. The molecule has 0 aromatic carbocycles. The summed E-state index contributed by atoms with van der Waals surface area (Å²) in [5.74, 6) is -0.435. The molecule has 0 spiro atoms. The van der Waals surface area contributed by atoms with Gasteiger partial charge in [0.15, 0.2) is 0 Å². The Morgan fingerprint density at radius 3 is 2.88 bits per heavy atom. The second-order valence-corrected chi connectivity index (χ2v) is 5.78. The van der Waals surface area contributed by atoms with Crippen molar-refractivity contribution in [2.45, 2.75) is 31.8 Å². The Morgan fingerprint density at radius 2 is 2.29 bits per heavy atom. The predicted octanol–water partition coefficient (Wildman–Crippen LogP) is 1.86. The Balaban J connectivity index is 1.97. The lowest BCUT2D eigenvalue weighted by molar-refractivity contribution is -0.134. The fraction of sp³-hybridized carbons (Fsp3) is 0.455. The first-order valence-corrected chi connectivity index (χ1v) is 6.60. The van der Waals surface area contributed by atoms with Crippen molar-refractivity contribution < 1.29 is 9.59 Å². The van der Waals surface area contributed by atoms with Gasteiger partial charge >= 0.3 is 0 Å². The van der Waals surface area contributed by atoms with Gasteiger partial charge in [-0.1, -0.05) is 11.6 Å². The Labute approximate surface area is 108 Å². The first-order valence-electron chi connectivity index (χ1n) is 5.41. The highest BCUT2D eigenvalue weighted by atomic mass is 35.5. The Bertz CT molecular complexity index is 446. The molecule has 2 heterocycles. The van der Waals surface area contributed by atoms with E-state index >= 15 is 0 Å².